The number of hydrogen-bond donors (Lipinski definition) is 0. The van der Waals surface area contributed by atoms with Crippen molar-refractivity contribution >= 4 is 5.91 Å². The summed E-state index contributed by atoms with van der Waals surface area (Å²) in [6, 6.07) is 9.22. The lowest BCUT2D eigenvalue weighted by Gasteiger charge is -2.12. The molecule has 1 saturated heterocycles. The zero-order valence-corrected chi connectivity index (χ0v) is 14.3. The van der Waals surface area contributed by atoms with Crippen LogP contribution < -0.4 is 0 Å². The van der Waals surface area contributed by atoms with Gasteiger partial charge in [-0.2, -0.15) is 5.10 Å². The van der Waals surface area contributed by atoms with Crippen molar-refractivity contribution in [3.05, 3.63) is 60.2 Å². The Hall–Kier alpha value is -3.09. The summed E-state index contributed by atoms with van der Waals surface area (Å²) in [6.45, 7) is 2.50. The van der Waals surface area contributed by atoms with Crippen LogP contribution in [0.25, 0.3) is 17.1 Å². The fraction of sp³-hybridized carbons (Fsp3) is 0.263. The number of pyridine rings is 2. The van der Waals surface area contributed by atoms with E-state index >= 15 is 0 Å². The summed E-state index contributed by atoms with van der Waals surface area (Å²) in [5.41, 5.74) is 3.45. The van der Waals surface area contributed by atoms with Crippen LogP contribution in [0, 0.1) is 6.92 Å². The first kappa shape index (κ1) is 16.4. The van der Waals surface area contributed by atoms with Crippen molar-refractivity contribution < 1.29 is 9.18 Å². The van der Waals surface area contributed by atoms with Crippen LogP contribution in [-0.2, 0) is 0 Å². The van der Waals surface area contributed by atoms with E-state index in [1.807, 2.05) is 25.1 Å². The van der Waals surface area contributed by atoms with E-state index in [-0.39, 0.29) is 18.1 Å². The van der Waals surface area contributed by atoms with Gasteiger partial charge in [-0.25, -0.2) is 9.07 Å². The third-order valence-corrected chi connectivity index (χ3v) is 4.41. The zero-order chi connectivity index (χ0) is 18.1. The van der Waals surface area contributed by atoms with Crippen LogP contribution >= 0.6 is 0 Å². The van der Waals surface area contributed by atoms with Gasteiger partial charge in [0.2, 0.25) is 0 Å². The monoisotopic (exact) mass is 351 g/mol. The molecule has 1 aliphatic heterocycles. The number of alkyl halides is 1. The van der Waals surface area contributed by atoms with Crippen LogP contribution in [0.4, 0.5) is 4.39 Å². The number of aryl methyl sites for hydroxylation is 1. The maximum absolute atomic E-state index is 13.5. The molecule has 0 radical (unpaired) electrons. The van der Waals surface area contributed by atoms with Crippen molar-refractivity contribution in [2.45, 2.75) is 19.5 Å². The van der Waals surface area contributed by atoms with E-state index < -0.39 is 6.17 Å². The summed E-state index contributed by atoms with van der Waals surface area (Å²) in [5, 5.41) is 4.47. The van der Waals surface area contributed by atoms with Crippen molar-refractivity contribution in [3.8, 4) is 17.1 Å². The summed E-state index contributed by atoms with van der Waals surface area (Å²) in [4.78, 5) is 22.8. The molecule has 1 aliphatic rings. The molecule has 3 aromatic rings. The maximum Gasteiger partial charge on any atom is 0.274 e. The number of carbonyl (C=O) groups excluding carboxylic acids is 1. The molecule has 132 valence electrons. The Labute approximate surface area is 150 Å². The molecular formula is C19H18FN5O. The molecule has 7 heteroatoms. The highest BCUT2D eigenvalue weighted by molar-refractivity contribution is 5.93. The van der Waals surface area contributed by atoms with Crippen LogP contribution in [0.5, 0.6) is 0 Å². The third-order valence-electron chi connectivity index (χ3n) is 4.41. The average molecular weight is 351 g/mol. The van der Waals surface area contributed by atoms with Gasteiger partial charge in [-0.1, -0.05) is 6.07 Å². The van der Waals surface area contributed by atoms with Gasteiger partial charge in [-0.05, 0) is 43.2 Å². The number of hydrogen-bond acceptors (Lipinski definition) is 4. The van der Waals surface area contributed by atoms with Crippen molar-refractivity contribution in [3.63, 3.8) is 0 Å². The Morgan fingerprint density at radius 3 is 2.81 bits per heavy atom. The van der Waals surface area contributed by atoms with E-state index in [1.54, 1.807) is 35.4 Å². The summed E-state index contributed by atoms with van der Waals surface area (Å²) < 4.78 is 15.1. The van der Waals surface area contributed by atoms with Gasteiger partial charge in [0.05, 0.1) is 29.8 Å². The van der Waals surface area contributed by atoms with Crippen molar-refractivity contribution in [1.29, 1.82) is 0 Å². The first-order chi connectivity index (χ1) is 12.6. The number of aromatic nitrogens is 4. The number of amides is 1. The molecule has 0 saturated carbocycles. The van der Waals surface area contributed by atoms with Crippen LogP contribution in [-0.4, -0.2) is 49.8 Å². The highest BCUT2D eigenvalue weighted by Crippen LogP contribution is 2.24. The minimum absolute atomic E-state index is 0.122. The summed E-state index contributed by atoms with van der Waals surface area (Å²) in [5.74, 6) is -0.263. The summed E-state index contributed by atoms with van der Waals surface area (Å²) in [7, 11) is 0. The molecule has 0 spiro atoms. The largest absolute Gasteiger partial charge is 0.334 e. The van der Waals surface area contributed by atoms with E-state index in [0.717, 1.165) is 11.3 Å². The van der Waals surface area contributed by atoms with Gasteiger partial charge >= 0.3 is 0 Å². The van der Waals surface area contributed by atoms with Gasteiger partial charge in [0, 0.05) is 18.9 Å². The quantitative estimate of drug-likeness (QED) is 0.728. The van der Waals surface area contributed by atoms with Crippen molar-refractivity contribution in [1.82, 2.24) is 24.6 Å². The predicted molar refractivity (Wildman–Crippen MR) is 94.7 cm³/mol. The van der Waals surface area contributed by atoms with Gasteiger partial charge in [-0.15, -0.1) is 0 Å². The molecule has 1 amide bonds. The second kappa shape index (κ2) is 6.67. The fourth-order valence-electron chi connectivity index (χ4n) is 3.03. The Morgan fingerprint density at radius 1 is 1.27 bits per heavy atom. The lowest BCUT2D eigenvalue weighted by Crippen LogP contribution is -2.29. The minimum atomic E-state index is -0.961. The van der Waals surface area contributed by atoms with Crippen LogP contribution in [0.1, 0.15) is 22.5 Å². The Balaban J connectivity index is 1.77. The molecule has 0 aliphatic carbocycles. The van der Waals surface area contributed by atoms with Crippen LogP contribution in [0.15, 0.2) is 48.9 Å². The van der Waals surface area contributed by atoms with E-state index in [4.69, 9.17) is 0 Å². The highest BCUT2D eigenvalue weighted by Gasteiger charge is 2.29. The molecule has 4 heterocycles. The predicted octanol–water partition coefficient (Wildman–Crippen LogP) is 2.82. The molecule has 0 unspecified atom stereocenters. The molecule has 0 bridgehead atoms. The van der Waals surface area contributed by atoms with Gasteiger partial charge in [0.1, 0.15) is 6.17 Å². The van der Waals surface area contributed by atoms with Crippen LogP contribution in [0.2, 0.25) is 0 Å². The fourth-order valence-corrected chi connectivity index (χ4v) is 3.03. The topological polar surface area (TPSA) is 63.9 Å². The van der Waals surface area contributed by atoms with E-state index in [9.17, 15) is 9.18 Å². The zero-order valence-electron chi connectivity index (χ0n) is 14.3. The first-order valence-corrected chi connectivity index (χ1v) is 8.48. The molecule has 6 nitrogen and oxygen atoms in total. The van der Waals surface area contributed by atoms with Crippen molar-refractivity contribution in [2.75, 3.05) is 13.1 Å². The second-order valence-corrected chi connectivity index (χ2v) is 6.40. The lowest BCUT2D eigenvalue weighted by molar-refractivity contribution is 0.0776. The number of carbonyl (C=O) groups is 1. The molecule has 1 fully saturated rings. The van der Waals surface area contributed by atoms with Gasteiger partial charge in [-0.3, -0.25) is 14.8 Å². The minimum Gasteiger partial charge on any atom is -0.334 e. The molecular weight excluding hydrogens is 333 g/mol. The first-order valence-electron chi connectivity index (χ1n) is 8.48. The molecule has 3 aromatic heterocycles. The van der Waals surface area contributed by atoms with Crippen molar-refractivity contribution in [2.24, 2.45) is 0 Å². The number of likely N-dealkylation sites (tertiary alicyclic amines) is 1. The standard InChI is InChI=1S/C19H18FN5O/c1-13-4-5-16(22-10-13)18-9-17(19(26)24-8-6-14(20)12-24)23-25(18)15-3-2-7-21-11-15/h2-5,7,9-11,14H,6,8,12H2,1H3/t14-/m0/s1. The number of rotatable bonds is 3. The lowest BCUT2D eigenvalue weighted by atomic mass is 10.2. The summed E-state index contributed by atoms with van der Waals surface area (Å²) >= 11 is 0. The SMILES string of the molecule is Cc1ccc(-c2cc(C(=O)N3CC[C@H](F)C3)nn2-c2cccnc2)nc1. The smallest absolute Gasteiger partial charge is 0.274 e. The normalized spacial score (nSPS) is 16.8. The second-order valence-electron chi connectivity index (χ2n) is 6.40. The average Bonchev–Trinajstić information content (AvgIpc) is 3.29. The summed E-state index contributed by atoms with van der Waals surface area (Å²) in [6.07, 6.45) is 4.53. The molecule has 4 rings (SSSR count). The van der Waals surface area contributed by atoms with E-state index in [1.165, 1.54) is 4.90 Å². The highest BCUT2D eigenvalue weighted by atomic mass is 19.1. The Kier molecular flexibility index (Phi) is 4.20. The molecule has 0 N–H and O–H groups in total. The molecule has 1 atom stereocenters. The molecule has 26 heavy (non-hydrogen) atoms. The molecule has 0 aromatic carbocycles. The van der Waals surface area contributed by atoms with E-state index in [0.29, 0.717) is 24.4 Å². The van der Waals surface area contributed by atoms with Gasteiger partial charge in [0.15, 0.2) is 5.69 Å². The maximum atomic E-state index is 13.5. The Bertz CT molecular complexity index is 923. The number of nitrogens with zero attached hydrogens (tertiary/aromatic N) is 5. The van der Waals surface area contributed by atoms with Crippen LogP contribution in [0.3, 0.4) is 0 Å². The number of halogens is 1. The Morgan fingerprint density at radius 2 is 2.15 bits per heavy atom. The third kappa shape index (κ3) is 3.08. The van der Waals surface area contributed by atoms with Gasteiger partial charge in [0.25, 0.3) is 5.91 Å². The van der Waals surface area contributed by atoms with E-state index in [2.05, 4.69) is 15.1 Å². The van der Waals surface area contributed by atoms with Gasteiger partial charge < -0.3 is 4.90 Å².